The fraction of sp³-hybridized carbons (Fsp3) is 0.172. The summed E-state index contributed by atoms with van der Waals surface area (Å²) < 4.78 is 0. The summed E-state index contributed by atoms with van der Waals surface area (Å²) in [5, 5.41) is 0. The van der Waals surface area contributed by atoms with Crippen molar-refractivity contribution in [3.05, 3.63) is 221 Å². The molecule has 3 nitrogen and oxygen atoms in total. The summed E-state index contributed by atoms with van der Waals surface area (Å²) >= 11 is 0. The first-order valence-electron chi connectivity index (χ1n) is 22.0. The van der Waals surface area contributed by atoms with Gasteiger partial charge in [0.1, 0.15) is 0 Å². The fourth-order valence-corrected chi connectivity index (χ4v) is 10.1. The Balaban J connectivity index is 0.00000116. The highest BCUT2D eigenvalue weighted by molar-refractivity contribution is 5.93. The number of para-hydroxylation sites is 1. The van der Waals surface area contributed by atoms with E-state index in [0.29, 0.717) is 0 Å². The Morgan fingerprint density at radius 1 is 0.590 bits per heavy atom. The largest absolute Gasteiger partial charge is 0.398 e. The zero-order valence-electron chi connectivity index (χ0n) is 35.6. The van der Waals surface area contributed by atoms with Gasteiger partial charge in [0.2, 0.25) is 0 Å². The molecule has 0 saturated carbocycles. The molecule has 0 amide bonds. The van der Waals surface area contributed by atoms with Crippen LogP contribution in [0.1, 0.15) is 75.6 Å². The summed E-state index contributed by atoms with van der Waals surface area (Å²) in [6.45, 7) is 8.00. The van der Waals surface area contributed by atoms with Crippen molar-refractivity contribution in [1.29, 1.82) is 0 Å². The van der Waals surface area contributed by atoms with Crippen molar-refractivity contribution in [1.82, 2.24) is 9.97 Å². The van der Waals surface area contributed by atoms with Gasteiger partial charge >= 0.3 is 0 Å². The van der Waals surface area contributed by atoms with E-state index in [2.05, 4.69) is 150 Å². The van der Waals surface area contributed by atoms with Crippen LogP contribution in [0.3, 0.4) is 0 Å². The van der Waals surface area contributed by atoms with Crippen molar-refractivity contribution in [2.75, 3.05) is 5.73 Å². The van der Waals surface area contributed by atoms with E-state index < -0.39 is 0 Å². The number of nitrogens with zero attached hydrogens (tertiary/aromatic N) is 2. The second-order valence-electron chi connectivity index (χ2n) is 15.6. The molecule has 4 aliphatic rings. The van der Waals surface area contributed by atoms with Gasteiger partial charge in [0.05, 0.1) is 5.41 Å². The number of anilines is 1. The van der Waals surface area contributed by atoms with Gasteiger partial charge in [0.25, 0.3) is 0 Å². The van der Waals surface area contributed by atoms with Gasteiger partial charge in [-0.05, 0) is 194 Å². The molecule has 7 aromatic rings. The molecule has 2 heterocycles. The highest BCUT2D eigenvalue weighted by Crippen LogP contribution is 2.65. The zero-order valence-corrected chi connectivity index (χ0v) is 35.6. The third-order valence-electron chi connectivity index (χ3n) is 12.5. The zero-order chi connectivity index (χ0) is 41.9. The second-order valence-corrected chi connectivity index (χ2v) is 15.6. The molecule has 2 aromatic heterocycles. The van der Waals surface area contributed by atoms with Crippen LogP contribution in [0.4, 0.5) is 5.69 Å². The molecule has 4 aliphatic carbocycles. The minimum absolute atomic E-state index is 0.301. The van der Waals surface area contributed by atoms with E-state index >= 15 is 0 Å². The maximum atomic E-state index is 6.87. The predicted molar refractivity (Wildman–Crippen MR) is 255 cm³/mol. The SMILES string of the molecule is CC.CC.Nc1ccccc1-c1cc2c(cc1Cc1cc#cc(-c3cc(-c4ccncc4)cc(-c4ccncc4)c3)c1)-c1ccccc1C21C2=C(CCC=C2)C2=C1CCC=C2. The van der Waals surface area contributed by atoms with Crippen molar-refractivity contribution in [2.45, 2.75) is 65.2 Å². The van der Waals surface area contributed by atoms with E-state index in [1.165, 1.54) is 55.7 Å². The Hall–Kier alpha value is -7.02. The molecule has 0 saturated heterocycles. The van der Waals surface area contributed by atoms with Gasteiger partial charge in [0, 0.05) is 41.6 Å². The minimum Gasteiger partial charge on any atom is -0.398 e. The molecule has 0 bridgehead atoms. The van der Waals surface area contributed by atoms with Crippen LogP contribution < -0.4 is 5.73 Å². The molecule has 1 atom stereocenters. The first-order chi connectivity index (χ1) is 30.2. The van der Waals surface area contributed by atoms with Crippen molar-refractivity contribution in [3.63, 3.8) is 0 Å². The molecule has 0 aliphatic heterocycles. The first-order valence-corrected chi connectivity index (χ1v) is 22.0. The van der Waals surface area contributed by atoms with E-state index in [0.717, 1.165) is 76.7 Å². The molecule has 1 unspecified atom stereocenters. The number of hydrogen-bond acceptors (Lipinski definition) is 3. The number of rotatable bonds is 6. The van der Waals surface area contributed by atoms with E-state index in [1.807, 2.05) is 64.6 Å². The molecule has 298 valence electrons. The predicted octanol–water partition coefficient (Wildman–Crippen LogP) is 14.5. The summed E-state index contributed by atoms with van der Waals surface area (Å²) in [5.74, 6) is 0. The van der Waals surface area contributed by atoms with Crippen LogP contribution in [0.15, 0.2) is 187 Å². The topological polar surface area (TPSA) is 51.8 Å². The van der Waals surface area contributed by atoms with Crippen molar-refractivity contribution >= 4 is 5.69 Å². The van der Waals surface area contributed by atoms with Gasteiger partial charge in [-0.3, -0.25) is 9.97 Å². The number of fused-ring (bicyclic) bond motifs is 8. The summed E-state index contributed by atoms with van der Waals surface area (Å²) in [6.07, 6.45) is 22.0. The van der Waals surface area contributed by atoms with Crippen LogP contribution in [0.2, 0.25) is 0 Å². The lowest BCUT2D eigenvalue weighted by Gasteiger charge is -2.35. The molecule has 1 spiro atoms. The standard InChI is InChI=1S/C54H39N3.2C2H6/c55-53-19-8-4-15-46(53)47-34-52-48(45-14-3-7-18-51(45)54(52)49-16-5-1-12-43(49)44-13-2-6-17-50(44)54)33-42(47)29-35-10-9-11-38(28-35)41-31-39(36-20-24-56-25-21-36)30-40(32-41)37-22-26-57-27-23-37;2*1-2/h1,3-4,6-8,10,12,14-15,17-28,30-34H,2,5,13,16,29,55H2;2*1-2H3. The number of pyridine rings is 2. The van der Waals surface area contributed by atoms with E-state index in [9.17, 15) is 0 Å². The summed E-state index contributed by atoms with van der Waals surface area (Å²) in [6, 6.07) is 48.8. The van der Waals surface area contributed by atoms with Crippen LogP contribution >= 0.6 is 0 Å². The number of nitrogens with two attached hydrogens (primary N) is 1. The van der Waals surface area contributed by atoms with Crippen LogP contribution in [-0.4, -0.2) is 9.97 Å². The van der Waals surface area contributed by atoms with Gasteiger partial charge in [-0.1, -0.05) is 107 Å². The Morgan fingerprint density at radius 2 is 1.23 bits per heavy atom. The number of allylic oxidation sites excluding steroid dienone is 8. The number of hydrogen-bond donors (Lipinski definition) is 1. The molecule has 5 aromatic carbocycles. The molecule has 11 rings (SSSR count). The molecule has 0 radical (unpaired) electrons. The Bertz CT molecular complexity index is 2820. The summed E-state index contributed by atoms with van der Waals surface area (Å²) in [4.78, 5) is 8.54. The van der Waals surface area contributed by atoms with Gasteiger partial charge < -0.3 is 5.73 Å². The average molecular weight is 790 g/mol. The lowest BCUT2D eigenvalue weighted by molar-refractivity contribution is 0.701. The van der Waals surface area contributed by atoms with Gasteiger partial charge in [-0.25, -0.2) is 0 Å². The Morgan fingerprint density at radius 3 is 1.95 bits per heavy atom. The smallest absolute Gasteiger partial charge is 0.0685 e. The first kappa shape index (κ1) is 39.4. The molecule has 0 fully saturated rings. The molecule has 61 heavy (non-hydrogen) atoms. The molecular weight excluding hydrogens is 739 g/mol. The van der Waals surface area contributed by atoms with Crippen LogP contribution in [0.5, 0.6) is 0 Å². The average Bonchev–Trinajstić information content (AvgIpc) is 3.80. The molecule has 2 N–H and O–H groups in total. The minimum atomic E-state index is -0.301. The van der Waals surface area contributed by atoms with Crippen molar-refractivity contribution in [2.24, 2.45) is 0 Å². The van der Waals surface area contributed by atoms with Gasteiger partial charge in [0.15, 0.2) is 0 Å². The summed E-state index contributed by atoms with van der Waals surface area (Å²) in [5.41, 5.74) is 30.1. The molecular formula is C58H51N3. The second kappa shape index (κ2) is 16.9. The highest BCUT2D eigenvalue weighted by Gasteiger charge is 2.53. The highest BCUT2D eigenvalue weighted by atomic mass is 14.6. The van der Waals surface area contributed by atoms with Crippen LogP contribution in [0, 0.1) is 12.1 Å². The Kier molecular flexibility index (Phi) is 10.9. The van der Waals surface area contributed by atoms with Crippen LogP contribution in [0.25, 0.3) is 55.6 Å². The quantitative estimate of drug-likeness (QED) is 0.171. The number of benzene rings is 4. The van der Waals surface area contributed by atoms with Crippen LogP contribution in [-0.2, 0) is 11.8 Å². The normalized spacial score (nSPS) is 16.4. The fourth-order valence-electron chi connectivity index (χ4n) is 10.1. The third kappa shape index (κ3) is 6.74. The van der Waals surface area contributed by atoms with Gasteiger partial charge in [-0.15, -0.1) is 0 Å². The van der Waals surface area contributed by atoms with Gasteiger partial charge in [-0.2, -0.15) is 0 Å². The summed E-state index contributed by atoms with van der Waals surface area (Å²) in [7, 11) is 0. The maximum Gasteiger partial charge on any atom is 0.0685 e. The third-order valence-corrected chi connectivity index (χ3v) is 12.5. The van der Waals surface area contributed by atoms with Crippen molar-refractivity contribution in [3.8, 4) is 55.6 Å². The number of nitrogen functional groups attached to an aromatic ring is 1. The van der Waals surface area contributed by atoms with E-state index in [1.54, 1.807) is 5.57 Å². The molecule has 3 heteroatoms. The Labute approximate surface area is 361 Å². The van der Waals surface area contributed by atoms with E-state index in [4.69, 9.17) is 5.73 Å². The lowest BCUT2D eigenvalue weighted by atomic mass is 9.66. The monoisotopic (exact) mass is 789 g/mol. The van der Waals surface area contributed by atoms with Crippen molar-refractivity contribution < 1.29 is 0 Å². The maximum absolute atomic E-state index is 6.87. The lowest BCUT2D eigenvalue weighted by Crippen LogP contribution is -2.29. The van der Waals surface area contributed by atoms with E-state index in [-0.39, 0.29) is 5.41 Å². The number of aromatic nitrogens is 2.